The molecule has 116 valence electrons. The van der Waals surface area contributed by atoms with Gasteiger partial charge in [0.1, 0.15) is 0 Å². The molecule has 4 nitrogen and oxygen atoms in total. The fourth-order valence-electron chi connectivity index (χ4n) is 2.48. The van der Waals surface area contributed by atoms with Crippen LogP contribution in [0.2, 0.25) is 0 Å². The maximum absolute atomic E-state index is 5.23. The Morgan fingerprint density at radius 3 is 2.65 bits per heavy atom. The van der Waals surface area contributed by atoms with E-state index in [0.717, 1.165) is 17.8 Å². The van der Waals surface area contributed by atoms with Crippen LogP contribution in [-0.2, 0) is 6.54 Å². The van der Waals surface area contributed by atoms with Crippen LogP contribution in [-0.4, -0.2) is 15.9 Å². The number of rotatable bonds is 4. The van der Waals surface area contributed by atoms with E-state index in [9.17, 15) is 0 Å². The number of aromatic nitrogens is 1. The van der Waals surface area contributed by atoms with Crippen molar-refractivity contribution in [3.8, 4) is 0 Å². The van der Waals surface area contributed by atoms with E-state index in [-0.39, 0.29) is 0 Å². The van der Waals surface area contributed by atoms with Gasteiger partial charge in [-0.15, -0.1) is 0 Å². The average molecular weight is 322 g/mol. The fourth-order valence-corrected chi connectivity index (χ4v) is 2.65. The van der Waals surface area contributed by atoms with Crippen LogP contribution in [0.3, 0.4) is 0 Å². The minimum Gasteiger partial charge on any atom is -0.347 e. The van der Waals surface area contributed by atoms with Gasteiger partial charge >= 0.3 is 0 Å². The minimum absolute atomic E-state index is 0.465. The first-order valence-electron chi connectivity index (χ1n) is 7.51. The zero-order valence-electron chi connectivity index (χ0n) is 12.9. The molecule has 2 aromatic carbocycles. The molecule has 3 aromatic rings. The molecule has 0 unspecified atom stereocenters. The van der Waals surface area contributed by atoms with Gasteiger partial charge in [0, 0.05) is 34.9 Å². The number of anilines is 1. The van der Waals surface area contributed by atoms with Crippen LogP contribution in [0.5, 0.6) is 0 Å². The maximum atomic E-state index is 5.23. The van der Waals surface area contributed by atoms with Gasteiger partial charge in [-0.1, -0.05) is 36.4 Å². The highest BCUT2D eigenvalue weighted by Crippen LogP contribution is 2.19. The van der Waals surface area contributed by atoms with Gasteiger partial charge in [-0.05, 0) is 37.3 Å². The quantitative estimate of drug-likeness (QED) is 0.434. The smallest absolute Gasteiger partial charge is 0.191 e. The van der Waals surface area contributed by atoms with Crippen molar-refractivity contribution in [1.29, 1.82) is 0 Å². The SMILES string of the molecule is CCn1cc(/C=N/NC(=S)Nc2ccccc2)c2ccccc21. The number of hydrazone groups is 1. The fraction of sp³-hybridized carbons (Fsp3) is 0.111. The predicted molar refractivity (Wildman–Crippen MR) is 101 cm³/mol. The second kappa shape index (κ2) is 7.07. The summed E-state index contributed by atoms with van der Waals surface area (Å²) in [4.78, 5) is 0. The minimum atomic E-state index is 0.465. The summed E-state index contributed by atoms with van der Waals surface area (Å²) in [6.45, 7) is 3.06. The zero-order chi connectivity index (χ0) is 16.1. The summed E-state index contributed by atoms with van der Waals surface area (Å²) in [6, 6.07) is 18.1. The summed E-state index contributed by atoms with van der Waals surface area (Å²) in [5.41, 5.74) is 6.06. The van der Waals surface area contributed by atoms with E-state index < -0.39 is 0 Å². The molecule has 0 radical (unpaired) electrons. The Labute approximate surface area is 140 Å². The van der Waals surface area contributed by atoms with Crippen LogP contribution in [0, 0.1) is 0 Å². The molecule has 0 bridgehead atoms. The number of thiocarbonyl (C=S) groups is 1. The summed E-state index contributed by atoms with van der Waals surface area (Å²) in [5.74, 6) is 0. The molecule has 0 aliphatic heterocycles. The van der Waals surface area contributed by atoms with E-state index in [0.29, 0.717) is 5.11 Å². The van der Waals surface area contributed by atoms with Crippen LogP contribution in [0.25, 0.3) is 10.9 Å². The molecule has 1 heterocycles. The van der Waals surface area contributed by atoms with Gasteiger partial charge in [0.05, 0.1) is 6.21 Å². The number of nitrogens with one attached hydrogen (secondary N) is 2. The first kappa shape index (κ1) is 15.2. The molecule has 0 saturated carbocycles. The lowest BCUT2D eigenvalue weighted by Crippen LogP contribution is -2.23. The van der Waals surface area contributed by atoms with Crippen LogP contribution in [0.1, 0.15) is 12.5 Å². The van der Waals surface area contributed by atoms with Crippen molar-refractivity contribution in [2.45, 2.75) is 13.5 Å². The normalized spacial score (nSPS) is 11.0. The molecule has 0 aliphatic carbocycles. The number of para-hydroxylation sites is 2. The lowest BCUT2D eigenvalue weighted by Gasteiger charge is -2.05. The largest absolute Gasteiger partial charge is 0.347 e. The molecule has 5 heteroatoms. The van der Waals surface area contributed by atoms with Crippen LogP contribution in [0.4, 0.5) is 5.69 Å². The maximum Gasteiger partial charge on any atom is 0.191 e. The van der Waals surface area contributed by atoms with E-state index in [2.05, 4.69) is 45.7 Å². The third kappa shape index (κ3) is 3.57. The topological polar surface area (TPSA) is 41.4 Å². The Balaban J connectivity index is 1.70. The van der Waals surface area contributed by atoms with Crippen molar-refractivity contribution in [1.82, 2.24) is 9.99 Å². The Morgan fingerprint density at radius 2 is 1.87 bits per heavy atom. The second-order valence-electron chi connectivity index (χ2n) is 5.08. The number of fused-ring (bicyclic) bond motifs is 1. The Morgan fingerprint density at radius 1 is 1.13 bits per heavy atom. The summed E-state index contributed by atoms with van der Waals surface area (Å²) in [5, 5.41) is 8.97. The highest BCUT2D eigenvalue weighted by Gasteiger charge is 2.04. The number of aryl methyl sites for hydroxylation is 1. The average Bonchev–Trinajstić information content (AvgIpc) is 2.94. The Bertz CT molecular complexity index is 837. The summed E-state index contributed by atoms with van der Waals surface area (Å²) in [6.07, 6.45) is 3.90. The van der Waals surface area contributed by atoms with Crippen LogP contribution in [0.15, 0.2) is 65.9 Å². The summed E-state index contributed by atoms with van der Waals surface area (Å²) < 4.78 is 2.21. The second-order valence-corrected chi connectivity index (χ2v) is 5.49. The predicted octanol–water partition coefficient (Wildman–Crippen LogP) is 3.98. The standard InChI is InChI=1S/C18H18N4S/c1-2-22-13-14(16-10-6-7-11-17(16)22)12-19-21-18(23)20-15-8-4-3-5-9-15/h3-13H,2H2,1H3,(H2,20,21,23)/b19-12+. The molecule has 0 atom stereocenters. The van der Waals surface area contributed by atoms with Gasteiger partial charge < -0.3 is 9.88 Å². The number of hydrogen-bond donors (Lipinski definition) is 2. The Kier molecular flexibility index (Phi) is 4.68. The first-order chi connectivity index (χ1) is 11.3. The van der Waals surface area contributed by atoms with E-state index in [1.165, 1.54) is 10.9 Å². The van der Waals surface area contributed by atoms with E-state index in [1.54, 1.807) is 6.21 Å². The molecule has 3 rings (SSSR count). The number of hydrogen-bond acceptors (Lipinski definition) is 2. The monoisotopic (exact) mass is 322 g/mol. The van der Waals surface area contributed by atoms with E-state index >= 15 is 0 Å². The molecule has 0 saturated heterocycles. The van der Waals surface area contributed by atoms with Crippen molar-refractivity contribution in [3.63, 3.8) is 0 Å². The molecular weight excluding hydrogens is 304 g/mol. The van der Waals surface area contributed by atoms with Gasteiger partial charge in [-0.2, -0.15) is 5.10 Å². The van der Waals surface area contributed by atoms with E-state index in [4.69, 9.17) is 12.2 Å². The Hall–Kier alpha value is -2.66. The molecular formula is C18H18N4S. The molecule has 0 aliphatic rings. The van der Waals surface area contributed by atoms with Crippen molar-refractivity contribution >= 4 is 40.1 Å². The van der Waals surface area contributed by atoms with Gasteiger partial charge in [-0.3, -0.25) is 5.43 Å². The summed E-state index contributed by atoms with van der Waals surface area (Å²) >= 11 is 5.23. The van der Waals surface area contributed by atoms with Crippen molar-refractivity contribution in [2.75, 3.05) is 5.32 Å². The summed E-state index contributed by atoms with van der Waals surface area (Å²) in [7, 11) is 0. The molecule has 0 fully saturated rings. The van der Waals surface area contributed by atoms with Crippen molar-refractivity contribution < 1.29 is 0 Å². The lowest BCUT2D eigenvalue weighted by molar-refractivity contribution is 0.797. The third-order valence-electron chi connectivity index (χ3n) is 3.56. The number of benzene rings is 2. The highest BCUT2D eigenvalue weighted by atomic mass is 32.1. The first-order valence-corrected chi connectivity index (χ1v) is 7.91. The highest BCUT2D eigenvalue weighted by molar-refractivity contribution is 7.80. The molecule has 2 N–H and O–H groups in total. The lowest BCUT2D eigenvalue weighted by atomic mass is 10.2. The van der Waals surface area contributed by atoms with Crippen molar-refractivity contribution in [3.05, 3.63) is 66.4 Å². The molecule has 1 aromatic heterocycles. The van der Waals surface area contributed by atoms with Gasteiger partial charge in [0.15, 0.2) is 5.11 Å². The van der Waals surface area contributed by atoms with Crippen molar-refractivity contribution in [2.24, 2.45) is 5.10 Å². The third-order valence-corrected chi connectivity index (χ3v) is 3.75. The van der Waals surface area contributed by atoms with E-state index in [1.807, 2.05) is 42.5 Å². The van der Waals surface area contributed by atoms with Gasteiger partial charge in [-0.25, -0.2) is 0 Å². The molecule has 0 spiro atoms. The molecule has 23 heavy (non-hydrogen) atoms. The van der Waals surface area contributed by atoms with Crippen LogP contribution < -0.4 is 10.7 Å². The van der Waals surface area contributed by atoms with Crippen LogP contribution >= 0.6 is 12.2 Å². The number of nitrogens with zero attached hydrogens (tertiary/aromatic N) is 2. The van der Waals surface area contributed by atoms with Gasteiger partial charge in [0.25, 0.3) is 0 Å². The van der Waals surface area contributed by atoms with Gasteiger partial charge in [0.2, 0.25) is 0 Å². The molecule has 0 amide bonds. The zero-order valence-corrected chi connectivity index (χ0v) is 13.7.